The first kappa shape index (κ1) is 45.2. The van der Waals surface area contributed by atoms with E-state index in [2.05, 4.69) is 97.2 Å². The third-order valence-corrected chi connectivity index (χ3v) is 13.9. The molecule has 11 nitrogen and oxygen atoms in total. The molecule has 1 atom stereocenters. The van der Waals surface area contributed by atoms with Crippen molar-refractivity contribution in [3.63, 3.8) is 0 Å². The summed E-state index contributed by atoms with van der Waals surface area (Å²) in [7, 11) is 1.60. The Kier molecular flexibility index (Phi) is 13.1. The smallest absolute Gasteiger partial charge is 0.236 e. The van der Waals surface area contributed by atoms with Crippen molar-refractivity contribution in [2.24, 2.45) is 5.41 Å². The van der Waals surface area contributed by atoms with Gasteiger partial charge in [0.25, 0.3) is 0 Å². The highest BCUT2D eigenvalue weighted by molar-refractivity contribution is 6.15. The predicted molar refractivity (Wildman–Crippen MR) is 272 cm³/mol. The monoisotopic (exact) mass is 912 g/mol. The molecule has 0 bridgehead atoms. The predicted octanol–water partition coefficient (Wildman–Crippen LogP) is 9.83. The molecule has 0 radical (unpaired) electrons. The first-order valence-electron chi connectivity index (χ1n) is 23.8. The Hall–Kier alpha value is -7.60. The molecule has 2 amide bonds. The zero-order valence-corrected chi connectivity index (χ0v) is 38.9. The van der Waals surface area contributed by atoms with Crippen LogP contribution in [0, 0.1) is 10.8 Å². The van der Waals surface area contributed by atoms with E-state index in [1.54, 1.807) is 25.7 Å². The Morgan fingerprint density at radius 3 is 2.01 bits per heavy atom. The van der Waals surface area contributed by atoms with Gasteiger partial charge in [-0.25, -0.2) is 9.97 Å². The number of hydrogen-bond acceptors (Lipinski definition) is 9. The minimum Gasteiger partial charge on any atom is -0.383 e. The molecule has 3 aliphatic rings. The van der Waals surface area contributed by atoms with E-state index in [-0.39, 0.29) is 31.5 Å². The van der Waals surface area contributed by atoms with Gasteiger partial charge in [-0.15, -0.1) is 0 Å². The summed E-state index contributed by atoms with van der Waals surface area (Å²) in [4.78, 5) is 46.0. The molecule has 4 heterocycles. The molecular formula is C58H56N8O3. The zero-order valence-electron chi connectivity index (χ0n) is 38.9. The second kappa shape index (κ2) is 19.9. The lowest BCUT2D eigenvalue weighted by Gasteiger charge is -2.38. The molecule has 1 aliphatic carbocycles. The number of anilines is 2. The van der Waals surface area contributed by atoms with Crippen molar-refractivity contribution in [3.8, 4) is 11.4 Å². The summed E-state index contributed by atoms with van der Waals surface area (Å²) in [6.45, 7) is 2.54. The van der Waals surface area contributed by atoms with Gasteiger partial charge in [0.05, 0.1) is 24.3 Å². The van der Waals surface area contributed by atoms with E-state index in [4.69, 9.17) is 4.74 Å². The molecule has 2 fully saturated rings. The lowest BCUT2D eigenvalue weighted by Crippen LogP contribution is -2.45. The summed E-state index contributed by atoms with van der Waals surface area (Å²) in [5.74, 6) is 0.886. The third kappa shape index (κ3) is 9.61. The van der Waals surface area contributed by atoms with Gasteiger partial charge in [-0.1, -0.05) is 121 Å². The van der Waals surface area contributed by atoms with Crippen LogP contribution in [-0.2, 0) is 19.9 Å². The molecule has 1 saturated heterocycles. The average Bonchev–Trinajstić information content (AvgIpc) is 4.18. The molecule has 0 unspecified atom stereocenters. The van der Waals surface area contributed by atoms with Crippen molar-refractivity contribution in [1.82, 2.24) is 24.8 Å². The largest absolute Gasteiger partial charge is 0.383 e. The van der Waals surface area contributed by atoms with Gasteiger partial charge >= 0.3 is 0 Å². The highest BCUT2D eigenvalue weighted by atomic mass is 16.5. The quantitative estimate of drug-likeness (QED) is 0.0644. The van der Waals surface area contributed by atoms with E-state index >= 15 is 0 Å². The first-order chi connectivity index (χ1) is 33.8. The van der Waals surface area contributed by atoms with Crippen molar-refractivity contribution >= 4 is 34.5 Å². The van der Waals surface area contributed by atoms with Crippen LogP contribution < -0.4 is 10.6 Å². The normalized spacial score (nSPS) is 17.2. The number of amides is 2. The maximum Gasteiger partial charge on any atom is 0.236 e. The van der Waals surface area contributed by atoms with E-state index in [1.165, 1.54) is 5.57 Å². The van der Waals surface area contributed by atoms with Crippen molar-refractivity contribution in [1.29, 1.82) is 5.41 Å². The van der Waals surface area contributed by atoms with Gasteiger partial charge in [-0.05, 0) is 89.9 Å². The molecule has 0 spiro atoms. The van der Waals surface area contributed by atoms with Crippen LogP contribution in [0.25, 0.3) is 17.0 Å². The lowest BCUT2D eigenvalue weighted by atomic mass is 9.76. The summed E-state index contributed by atoms with van der Waals surface area (Å²) in [5, 5.41) is 17.1. The van der Waals surface area contributed by atoms with Gasteiger partial charge in [-0.3, -0.25) is 24.9 Å². The van der Waals surface area contributed by atoms with Gasteiger partial charge < -0.3 is 20.3 Å². The van der Waals surface area contributed by atoms with Crippen LogP contribution in [0.2, 0.25) is 0 Å². The molecule has 7 aromatic rings. The van der Waals surface area contributed by atoms with Crippen LogP contribution in [0.5, 0.6) is 0 Å². The SMILES string of the molecule is COC[C@@]1(C(=O)Nc2ccc(NC(c3ccccc3)(c3ccccc3)c3ccccc3)c(C(=N)c3ccnc(C4CC4)c3)c2)CCN(C(=O)CN2CC=C(c3ccc(-c4ncccn4)cc3)CC2)C1. The number of nitrogens with zero attached hydrogens (tertiary/aromatic N) is 5. The van der Waals surface area contributed by atoms with E-state index < -0.39 is 11.0 Å². The van der Waals surface area contributed by atoms with Gasteiger partial charge in [0, 0.05) is 91.6 Å². The van der Waals surface area contributed by atoms with Crippen molar-refractivity contribution in [2.75, 3.05) is 57.1 Å². The first-order valence-corrected chi connectivity index (χ1v) is 23.8. The topological polar surface area (TPSA) is 136 Å². The number of methoxy groups -OCH3 is 1. The third-order valence-electron chi connectivity index (χ3n) is 13.9. The summed E-state index contributed by atoms with van der Waals surface area (Å²) < 4.78 is 5.73. The number of carbonyl (C=O) groups is 2. The molecule has 2 aromatic heterocycles. The summed E-state index contributed by atoms with van der Waals surface area (Å²) in [6, 6.07) is 51.0. The standard InChI is InChI=1S/C58H56N8O3/c1-69-40-57(29-35-66(39-57)53(67)38-65-33-27-42(28-34-65)41-18-22-44(23-19-41)55-61-30-11-31-62-55)56(68)63-49-24-25-51(50(37-49)54(59)45-26-32-60-52(36-45)43-20-21-43)64-58(46-12-5-2-6-13-46,47-14-7-3-8-15-47)48-16-9-4-10-17-48/h2-19,22-27,30-32,36-37,43,59,64H,20-21,28-29,33-35,38-40H2,1H3,(H,63,68)/t57-/m1/s1. The molecule has 346 valence electrons. The van der Waals surface area contributed by atoms with Crippen LogP contribution in [0.4, 0.5) is 11.4 Å². The second-order valence-corrected chi connectivity index (χ2v) is 18.4. The number of hydrogen-bond donors (Lipinski definition) is 3. The number of benzene rings is 5. The fourth-order valence-corrected chi connectivity index (χ4v) is 9.97. The van der Waals surface area contributed by atoms with Crippen LogP contribution >= 0.6 is 0 Å². The molecule has 3 N–H and O–H groups in total. The van der Waals surface area contributed by atoms with E-state index in [9.17, 15) is 15.0 Å². The number of carbonyl (C=O) groups excluding carboxylic acids is 2. The van der Waals surface area contributed by atoms with Crippen LogP contribution in [0.15, 0.2) is 176 Å². The Balaban J connectivity index is 0.899. The molecule has 11 heteroatoms. The Morgan fingerprint density at radius 1 is 0.754 bits per heavy atom. The number of ether oxygens (including phenoxy) is 1. The van der Waals surface area contributed by atoms with E-state index in [0.29, 0.717) is 48.2 Å². The number of rotatable bonds is 16. The Labute approximate surface area is 403 Å². The van der Waals surface area contributed by atoms with Crippen molar-refractivity contribution in [3.05, 3.63) is 215 Å². The maximum absolute atomic E-state index is 14.7. The van der Waals surface area contributed by atoms with E-state index in [1.807, 2.05) is 95.9 Å². The summed E-state index contributed by atoms with van der Waals surface area (Å²) >= 11 is 0. The van der Waals surface area contributed by atoms with Gasteiger partial charge in [-0.2, -0.15) is 0 Å². The highest BCUT2D eigenvalue weighted by Gasteiger charge is 2.46. The molecular weight excluding hydrogens is 857 g/mol. The average molecular weight is 913 g/mol. The summed E-state index contributed by atoms with van der Waals surface area (Å²) in [6.07, 6.45) is 11.0. The zero-order chi connectivity index (χ0) is 47.2. The molecule has 2 aliphatic heterocycles. The molecule has 1 saturated carbocycles. The van der Waals surface area contributed by atoms with Gasteiger partial charge in [0.15, 0.2) is 5.82 Å². The highest BCUT2D eigenvalue weighted by Crippen LogP contribution is 2.43. The fraction of sp³-hybridized carbons (Fsp3) is 0.241. The Morgan fingerprint density at radius 2 is 1.41 bits per heavy atom. The van der Waals surface area contributed by atoms with Crippen LogP contribution in [0.3, 0.4) is 0 Å². The number of likely N-dealkylation sites (tertiary alicyclic amines) is 1. The van der Waals surface area contributed by atoms with Gasteiger partial charge in [0.1, 0.15) is 5.54 Å². The van der Waals surface area contributed by atoms with E-state index in [0.717, 1.165) is 70.6 Å². The van der Waals surface area contributed by atoms with Crippen LogP contribution in [-0.4, -0.2) is 88.7 Å². The van der Waals surface area contributed by atoms with Crippen molar-refractivity contribution in [2.45, 2.75) is 37.1 Å². The molecule has 5 aromatic carbocycles. The minimum atomic E-state index is -0.964. The number of aromatic nitrogens is 3. The van der Waals surface area contributed by atoms with Gasteiger partial charge in [0.2, 0.25) is 11.8 Å². The molecule has 10 rings (SSSR count). The van der Waals surface area contributed by atoms with Crippen LogP contribution in [0.1, 0.15) is 70.7 Å². The Bertz CT molecular complexity index is 2870. The second-order valence-electron chi connectivity index (χ2n) is 18.4. The minimum absolute atomic E-state index is 0.00217. The molecule has 69 heavy (non-hydrogen) atoms. The van der Waals surface area contributed by atoms with Crippen molar-refractivity contribution < 1.29 is 14.3 Å². The lowest BCUT2D eigenvalue weighted by molar-refractivity contribution is -0.133. The summed E-state index contributed by atoms with van der Waals surface area (Å²) in [5.41, 5.74) is 8.58. The maximum atomic E-state index is 14.7. The number of pyridine rings is 1. The fourth-order valence-electron chi connectivity index (χ4n) is 9.97. The number of nitrogens with one attached hydrogen (secondary N) is 3.